The number of hydrogen-bond acceptors (Lipinski definition) is 6. The zero-order valence-electron chi connectivity index (χ0n) is 10.1. The molecule has 1 heterocycles. The molecule has 1 aromatic carbocycles. The summed E-state index contributed by atoms with van der Waals surface area (Å²) in [6.45, 7) is 0. The average Bonchev–Trinajstić information content (AvgIpc) is 2.38. The van der Waals surface area contributed by atoms with E-state index < -0.39 is 20.8 Å². The van der Waals surface area contributed by atoms with Crippen LogP contribution in [0.5, 0.6) is 0 Å². The van der Waals surface area contributed by atoms with Crippen LogP contribution < -0.4 is 10.5 Å². The number of pyridine rings is 1. The Balaban J connectivity index is 2.28. The van der Waals surface area contributed by atoms with Crippen molar-refractivity contribution in [2.75, 3.05) is 10.5 Å². The molecule has 0 bridgehead atoms. The van der Waals surface area contributed by atoms with E-state index in [0.29, 0.717) is 11.4 Å². The lowest BCUT2D eigenvalue weighted by Gasteiger charge is -2.07. The predicted molar refractivity (Wildman–Crippen MR) is 72.6 cm³/mol. The van der Waals surface area contributed by atoms with Gasteiger partial charge in [-0.1, -0.05) is 6.07 Å². The van der Waals surface area contributed by atoms with Gasteiger partial charge in [0.15, 0.2) is 6.20 Å². The number of aromatic nitrogens is 1. The Bertz CT molecular complexity index is 743. The van der Waals surface area contributed by atoms with Gasteiger partial charge in [-0.2, -0.15) is 0 Å². The smallest absolute Gasteiger partial charge is 0.363 e. The fourth-order valence-corrected chi connectivity index (χ4v) is 2.45. The number of sulfonamides is 1. The second-order valence-corrected chi connectivity index (χ2v) is 5.52. The monoisotopic (exact) mass is 294 g/mol. The number of nitrogen functional groups attached to an aromatic ring is 1. The molecule has 2 aromatic rings. The highest BCUT2D eigenvalue weighted by molar-refractivity contribution is 7.92. The summed E-state index contributed by atoms with van der Waals surface area (Å²) in [5.41, 5.74) is 6.25. The van der Waals surface area contributed by atoms with Gasteiger partial charge in [0.1, 0.15) is 4.90 Å². The molecule has 3 N–H and O–H groups in total. The minimum atomic E-state index is -3.86. The third-order valence-electron chi connectivity index (χ3n) is 2.36. The van der Waals surface area contributed by atoms with E-state index in [2.05, 4.69) is 9.71 Å². The van der Waals surface area contributed by atoms with Crippen molar-refractivity contribution in [1.82, 2.24) is 4.98 Å². The van der Waals surface area contributed by atoms with Crippen LogP contribution in [0.3, 0.4) is 0 Å². The lowest BCUT2D eigenvalue weighted by molar-refractivity contribution is -0.389. The molecule has 0 saturated carbocycles. The summed E-state index contributed by atoms with van der Waals surface area (Å²) in [6.07, 6.45) is 0.923. The van der Waals surface area contributed by atoms with Crippen molar-refractivity contribution in [3.8, 4) is 0 Å². The molecule has 20 heavy (non-hydrogen) atoms. The van der Waals surface area contributed by atoms with Gasteiger partial charge >= 0.3 is 5.82 Å². The van der Waals surface area contributed by atoms with E-state index in [9.17, 15) is 18.5 Å². The Morgan fingerprint density at radius 1 is 1.25 bits per heavy atom. The first-order chi connectivity index (χ1) is 9.38. The second kappa shape index (κ2) is 5.13. The summed E-state index contributed by atoms with van der Waals surface area (Å²) in [4.78, 5) is 13.0. The summed E-state index contributed by atoms with van der Waals surface area (Å²) in [7, 11) is -3.86. The highest BCUT2D eigenvalue weighted by Gasteiger charge is 2.18. The largest absolute Gasteiger partial charge is 0.399 e. The number of nitrogens with zero attached hydrogens (tertiary/aromatic N) is 2. The number of benzene rings is 1. The van der Waals surface area contributed by atoms with Gasteiger partial charge in [-0.05, 0) is 34.2 Å². The summed E-state index contributed by atoms with van der Waals surface area (Å²) in [5, 5.41) is 10.5. The quantitative estimate of drug-likeness (QED) is 0.498. The van der Waals surface area contributed by atoms with Gasteiger partial charge in [0.05, 0.1) is 5.69 Å². The Morgan fingerprint density at radius 3 is 2.55 bits per heavy atom. The molecule has 0 fully saturated rings. The fourth-order valence-electron chi connectivity index (χ4n) is 1.46. The summed E-state index contributed by atoms with van der Waals surface area (Å²) in [5.74, 6) is -0.423. The van der Waals surface area contributed by atoms with Crippen LogP contribution in [0.25, 0.3) is 0 Å². The van der Waals surface area contributed by atoms with Gasteiger partial charge in [0, 0.05) is 11.8 Å². The minimum absolute atomic E-state index is 0.175. The fraction of sp³-hybridized carbons (Fsp3) is 0. The van der Waals surface area contributed by atoms with E-state index in [4.69, 9.17) is 5.73 Å². The number of anilines is 2. The molecule has 0 unspecified atom stereocenters. The van der Waals surface area contributed by atoms with E-state index in [1.807, 2.05) is 0 Å². The zero-order chi connectivity index (χ0) is 14.8. The zero-order valence-corrected chi connectivity index (χ0v) is 10.9. The summed E-state index contributed by atoms with van der Waals surface area (Å²) < 4.78 is 26.4. The number of nitro groups is 1. The number of hydrogen-bond donors (Lipinski definition) is 2. The SMILES string of the molecule is Nc1cccc(NS(=O)(=O)c2ccc([N+](=O)[O-])nc2)c1. The highest BCUT2D eigenvalue weighted by Crippen LogP contribution is 2.18. The molecule has 0 radical (unpaired) electrons. The maximum atomic E-state index is 12.0. The predicted octanol–water partition coefficient (Wildman–Crippen LogP) is 1.37. The van der Waals surface area contributed by atoms with Gasteiger partial charge in [-0.3, -0.25) is 4.72 Å². The Kier molecular flexibility index (Phi) is 3.53. The number of nitrogens with two attached hydrogens (primary N) is 1. The van der Waals surface area contributed by atoms with Crippen molar-refractivity contribution in [3.05, 3.63) is 52.7 Å². The standard InChI is InChI=1S/C11H10N4O4S/c12-8-2-1-3-9(6-8)14-20(18,19)10-4-5-11(13-7-10)15(16)17/h1-7,14H,12H2. The van der Waals surface area contributed by atoms with E-state index in [1.165, 1.54) is 12.1 Å². The first kappa shape index (κ1) is 13.7. The molecule has 0 aliphatic heterocycles. The molecule has 9 heteroatoms. The van der Waals surface area contributed by atoms with Crippen molar-refractivity contribution in [2.24, 2.45) is 0 Å². The first-order valence-corrected chi connectivity index (χ1v) is 6.85. The highest BCUT2D eigenvalue weighted by atomic mass is 32.2. The van der Waals surface area contributed by atoms with Gasteiger partial charge in [-0.15, -0.1) is 0 Å². The molecule has 0 aliphatic rings. The molecule has 0 atom stereocenters. The van der Waals surface area contributed by atoms with Crippen LogP contribution in [0.1, 0.15) is 0 Å². The van der Waals surface area contributed by atoms with Gasteiger partial charge < -0.3 is 15.8 Å². The van der Waals surface area contributed by atoms with Crippen molar-refractivity contribution >= 4 is 27.2 Å². The van der Waals surface area contributed by atoms with Gasteiger partial charge in [-0.25, -0.2) is 8.42 Å². The van der Waals surface area contributed by atoms with E-state index in [-0.39, 0.29) is 4.90 Å². The number of rotatable bonds is 4. The lowest BCUT2D eigenvalue weighted by atomic mass is 10.3. The van der Waals surface area contributed by atoms with Crippen LogP contribution in [0, 0.1) is 10.1 Å². The second-order valence-electron chi connectivity index (χ2n) is 3.84. The molecular weight excluding hydrogens is 284 g/mol. The normalized spacial score (nSPS) is 11.0. The minimum Gasteiger partial charge on any atom is -0.399 e. The molecule has 8 nitrogen and oxygen atoms in total. The Labute approximate surface area is 114 Å². The average molecular weight is 294 g/mol. The van der Waals surface area contributed by atoms with Crippen molar-refractivity contribution < 1.29 is 13.3 Å². The molecule has 0 spiro atoms. The molecule has 104 valence electrons. The van der Waals surface area contributed by atoms with Crippen molar-refractivity contribution in [2.45, 2.75) is 4.90 Å². The van der Waals surface area contributed by atoms with Crippen LogP contribution in [0.2, 0.25) is 0 Å². The molecule has 0 saturated heterocycles. The van der Waals surface area contributed by atoms with Crippen LogP contribution >= 0.6 is 0 Å². The van der Waals surface area contributed by atoms with Crippen molar-refractivity contribution in [1.29, 1.82) is 0 Å². The molecular formula is C11H10N4O4S. The Hall–Kier alpha value is -2.68. The lowest BCUT2D eigenvalue weighted by Crippen LogP contribution is -2.13. The first-order valence-electron chi connectivity index (χ1n) is 5.37. The molecule has 2 rings (SSSR count). The molecule has 0 aliphatic carbocycles. The van der Waals surface area contributed by atoms with Crippen molar-refractivity contribution in [3.63, 3.8) is 0 Å². The van der Waals surface area contributed by atoms with E-state index >= 15 is 0 Å². The van der Waals surface area contributed by atoms with Gasteiger partial charge in [0.25, 0.3) is 10.0 Å². The third kappa shape index (κ3) is 3.01. The van der Waals surface area contributed by atoms with E-state index in [1.54, 1.807) is 12.1 Å². The number of nitrogens with one attached hydrogen (secondary N) is 1. The summed E-state index contributed by atoms with van der Waals surface area (Å²) >= 11 is 0. The molecule has 1 aromatic heterocycles. The maximum absolute atomic E-state index is 12.0. The molecule has 0 amide bonds. The van der Waals surface area contributed by atoms with Crippen LogP contribution in [0.15, 0.2) is 47.5 Å². The van der Waals surface area contributed by atoms with E-state index in [0.717, 1.165) is 18.3 Å². The van der Waals surface area contributed by atoms with Crippen LogP contribution in [-0.4, -0.2) is 18.3 Å². The van der Waals surface area contributed by atoms with Crippen LogP contribution in [0.4, 0.5) is 17.2 Å². The Morgan fingerprint density at radius 2 is 2.00 bits per heavy atom. The maximum Gasteiger partial charge on any atom is 0.363 e. The summed E-state index contributed by atoms with van der Waals surface area (Å²) in [6, 6.07) is 8.34. The van der Waals surface area contributed by atoms with Crippen LogP contribution in [-0.2, 0) is 10.0 Å². The third-order valence-corrected chi connectivity index (χ3v) is 3.72. The van der Waals surface area contributed by atoms with Gasteiger partial charge in [0.2, 0.25) is 0 Å². The topological polar surface area (TPSA) is 128 Å².